The fraction of sp³-hybridized carbons (Fsp3) is 0.467. The van der Waals surface area contributed by atoms with Crippen LogP contribution in [0.5, 0.6) is 0 Å². The van der Waals surface area contributed by atoms with Crippen molar-refractivity contribution in [1.82, 2.24) is 20.2 Å². The van der Waals surface area contributed by atoms with E-state index >= 15 is 0 Å². The lowest BCUT2D eigenvalue weighted by molar-refractivity contribution is -0.272. The number of nitrogens with one attached hydrogen (secondary N) is 1. The number of hydrogen-bond donors (Lipinski definition) is 2. The van der Waals surface area contributed by atoms with Gasteiger partial charge in [-0.15, -0.1) is 0 Å². The van der Waals surface area contributed by atoms with Gasteiger partial charge in [-0.05, 0) is 17.7 Å². The van der Waals surface area contributed by atoms with Gasteiger partial charge in [0.2, 0.25) is 5.79 Å². The average molecular weight is 357 g/mol. The largest absolute Gasteiger partial charge is 0.362 e. The van der Waals surface area contributed by atoms with E-state index in [0.29, 0.717) is 10.0 Å². The third-order valence-corrected chi connectivity index (χ3v) is 4.71. The molecule has 3 rings (SSSR count). The third-order valence-electron chi connectivity index (χ3n) is 4.15. The second-order valence-corrected chi connectivity index (χ2v) is 7.47. The first-order valence-corrected chi connectivity index (χ1v) is 7.94. The standard InChI is InChI=1S/C15H18Cl2N4O2/c1-14(2,3)15(22)13(21-8-18-7-19-21)12(20-23-15)10-5-4-9(16)6-11(10)17/h4-8,12-13,20,22H,1-3H3/t12-,13-,15?/m1/s1. The summed E-state index contributed by atoms with van der Waals surface area (Å²) in [5.41, 5.74) is 3.08. The second-order valence-electron chi connectivity index (χ2n) is 6.63. The van der Waals surface area contributed by atoms with Crippen LogP contribution in [-0.4, -0.2) is 25.7 Å². The fourth-order valence-electron chi connectivity index (χ4n) is 2.78. The van der Waals surface area contributed by atoms with Gasteiger partial charge in [0.05, 0.1) is 6.04 Å². The number of rotatable bonds is 2. The van der Waals surface area contributed by atoms with Gasteiger partial charge in [-0.1, -0.05) is 50.0 Å². The molecule has 0 saturated carbocycles. The van der Waals surface area contributed by atoms with Crippen molar-refractivity contribution in [3.63, 3.8) is 0 Å². The number of aromatic nitrogens is 3. The van der Waals surface area contributed by atoms with Gasteiger partial charge in [-0.3, -0.25) is 4.84 Å². The van der Waals surface area contributed by atoms with Crippen molar-refractivity contribution in [2.45, 2.75) is 38.6 Å². The Hall–Kier alpha value is -1.18. The maximum absolute atomic E-state index is 11.2. The molecule has 6 nitrogen and oxygen atoms in total. The molecule has 1 fully saturated rings. The Morgan fingerprint density at radius 1 is 1.35 bits per heavy atom. The van der Waals surface area contributed by atoms with Crippen molar-refractivity contribution >= 4 is 23.2 Å². The summed E-state index contributed by atoms with van der Waals surface area (Å²) < 4.78 is 1.58. The molecule has 3 atom stereocenters. The monoisotopic (exact) mass is 356 g/mol. The van der Waals surface area contributed by atoms with Gasteiger partial charge in [0, 0.05) is 15.5 Å². The summed E-state index contributed by atoms with van der Waals surface area (Å²) in [6.07, 6.45) is 2.97. The van der Waals surface area contributed by atoms with Crippen LogP contribution in [0.4, 0.5) is 0 Å². The van der Waals surface area contributed by atoms with Crippen LogP contribution in [0.1, 0.15) is 38.4 Å². The highest BCUT2D eigenvalue weighted by atomic mass is 35.5. The SMILES string of the molecule is CC(C)(C)C1(O)ON[C@H](c2ccc(Cl)cc2Cl)[C@H]1n1cncn1. The molecule has 8 heteroatoms. The summed E-state index contributed by atoms with van der Waals surface area (Å²) in [5.74, 6) is -1.51. The summed E-state index contributed by atoms with van der Waals surface area (Å²) in [6, 6.07) is 4.25. The Morgan fingerprint density at radius 2 is 2.09 bits per heavy atom. The molecule has 0 spiro atoms. The van der Waals surface area contributed by atoms with E-state index in [0.717, 1.165) is 5.56 Å². The van der Waals surface area contributed by atoms with E-state index in [4.69, 9.17) is 28.0 Å². The third kappa shape index (κ3) is 2.75. The predicted octanol–water partition coefficient (Wildman–Crippen LogP) is 3.14. The van der Waals surface area contributed by atoms with Crippen LogP contribution in [0.25, 0.3) is 0 Å². The molecule has 23 heavy (non-hydrogen) atoms. The van der Waals surface area contributed by atoms with Gasteiger partial charge in [0.15, 0.2) is 0 Å². The van der Waals surface area contributed by atoms with Crippen LogP contribution < -0.4 is 5.48 Å². The Bertz CT molecular complexity index is 702. The highest BCUT2D eigenvalue weighted by Crippen LogP contribution is 2.50. The first kappa shape index (κ1) is 16.7. The molecule has 0 amide bonds. The molecule has 0 aliphatic carbocycles. The number of aliphatic hydroxyl groups is 1. The number of benzene rings is 1. The normalized spacial score (nSPS) is 28.3. The lowest BCUT2D eigenvalue weighted by Crippen LogP contribution is -2.49. The van der Waals surface area contributed by atoms with Gasteiger partial charge >= 0.3 is 0 Å². The molecule has 0 bridgehead atoms. The minimum atomic E-state index is -1.51. The summed E-state index contributed by atoms with van der Waals surface area (Å²) in [5, 5.41) is 16.4. The highest BCUT2D eigenvalue weighted by Gasteiger charge is 2.58. The van der Waals surface area contributed by atoms with Crippen LogP contribution in [0, 0.1) is 5.41 Å². The fourth-order valence-corrected chi connectivity index (χ4v) is 3.31. The average Bonchev–Trinajstić information content (AvgIpc) is 3.06. The zero-order valence-electron chi connectivity index (χ0n) is 13.0. The molecule has 124 valence electrons. The zero-order chi connectivity index (χ0) is 16.8. The summed E-state index contributed by atoms with van der Waals surface area (Å²) in [7, 11) is 0. The minimum absolute atomic E-state index is 0.411. The smallest absolute Gasteiger partial charge is 0.214 e. The molecule has 1 aliphatic rings. The van der Waals surface area contributed by atoms with Crippen molar-refractivity contribution in [3.8, 4) is 0 Å². The number of halogens is 2. The van der Waals surface area contributed by atoms with Gasteiger partial charge in [0.25, 0.3) is 0 Å². The first-order valence-electron chi connectivity index (χ1n) is 7.19. The Balaban J connectivity index is 2.10. The summed E-state index contributed by atoms with van der Waals surface area (Å²) in [4.78, 5) is 9.60. The lowest BCUT2D eigenvalue weighted by atomic mass is 9.78. The molecular weight excluding hydrogens is 339 g/mol. The Kier molecular flexibility index (Phi) is 4.14. The Labute approximate surface area is 144 Å². The van der Waals surface area contributed by atoms with E-state index in [1.165, 1.54) is 6.33 Å². The maximum atomic E-state index is 11.2. The molecule has 1 aromatic carbocycles. The van der Waals surface area contributed by atoms with E-state index in [1.807, 2.05) is 26.8 Å². The molecule has 2 heterocycles. The van der Waals surface area contributed by atoms with Gasteiger partial charge in [0.1, 0.15) is 18.7 Å². The Morgan fingerprint density at radius 3 is 2.65 bits per heavy atom. The van der Waals surface area contributed by atoms with Crippen LogP contribution in [-0.2, 0) is 4.84 Å². The lowest BCUT2D eigenvalue weighted by Gasteiger charge is -2.39. The quantitative estimate of drug-likeness (QED) is 0.864. The topological polar surface area (TPSA) is 72.2 Å². The maximum Gasteiger partial charge on any atom is 0.214 e. The molecule has 1 aromatic heterocycles. The first-order chi connectivity index (χ1) is 10.7. The van der Waals surface area contributed by atoms with Crippen molar-refractivity contribution in [1.29, 1.82) is 0 Å². The van der Waals surface area contributed by atoms with Gasteiger partial charge < -0.3 is 5.11 Å². The number of nitrogens with zero attached hydrogens (tertiary/aromatic N) is 3. The number of hydrogen-bond acceptors (Lipinski definition) is 5. The highest BCUT2D eigenvalue weighted by molar-refractivity contribution is 6.35. The van der Waals surface area contributed by atoms with Crippen molar-refractivity contribution in [3.05, 3.63) is 46.5 Å². The molecule has 1 unspecified atom stereocenters. The zero-order valence-corrected chi connectivity index (χ0v) is 14.5. The molecule has 1 saturated heterocycles. The molecule has 2 N–H and O–H groups in total. The van der Waals surface area contributed by atoms with E-state index in [-0.39, 0.29) is 0 Å². The number of hydroxylamine groups is 1. The predicted molar refractivity (Wildman–Crippen MR) is 86.9 cm³/mol. The van der Waals surface area contributed by atoms with E-state index in [9.17, 15) is 5.11 Å². The van der Waals surface area contributed by atoms with E-state index in [1.54, 1.807) is 23.1 Å². The van der Waals surface area contributed by atoms with Crippen molar-refractivity contribution in [2.24, 2.45) is 5.41 Å². The summed E-state index contributed by atoms with van der Waals surface area (Å²) in [6.45, 7) is 5.68. The van der Waals surface area contributed by atoms with E-state index < -0.39 is 23.3 Å². The van der Waals surface area contributed by atoms with Crippen molar-refractivity contribution in [2.75, 3.05) is 0 Å². The molecule has 2 aromatic rings. The van der Waals surface area contributed by atoms with Crippen LogP contribution >= 0.6 is 23.2 Å². The van der Waals surface area contributed by atoms with Crippen LogP contribution in [0.3, 0.4) is 0 Å². The van der Waals surface area contributed by atoms with Crippen molar-refractivity contribution < 1.29 is 9.94 Å². The second kappa shape index (κ2) is 5.72. The minimum Gasteiger partial charge on any atom is -0.362 e. The van der Waals surface area contributed by atoms with Gasteiger partial charge in [-0.2, -0.15) is 10.6 Å². The van der Waals surface area contributed by atoms with Crippen LogP contribution in [0.15, 0.2) is 30.9 Å². The van der Waals surface area contributed by atoms with E-state index in [2.05, 4.69) is 15.6 Å². The summed E-state index contributed by atoms with van der Waals surface area (Å²) >= 11 is 12.3. The van der Waals surface area contributed by atoms with Gasteiger partial charge in [-0.25, -0.2) is 9.67 Å². The molecular formula is C15H18Cl2N4O2. The molecule has 1 aliphatic heterocycles. The van der Waals surface area contributed by atoms with Crippen LogP contribution in [0.2, 0.25) is 10.0 Å². The molecule has 0 radical (unpaired) electrons.